The first-order valence-electron chi connectivity index (χ1n) is 8.94. The first-order chi connectivity index (χ1) is 14.8. The Bertz CT molecular complexity index is 1250. The van der Waals surface area contributed by atoms with E-state index < -0.39 is 17.8 Å². The van der Waals surface area contributed by atoms with Crippen LogP contribution >= 0.6 is 23.8 Å². The van der Waals surface area contributed by atoms with Gasteiger partial charge >= 0.3 is 5.97 Å². The number of rotatable bonds is 4. The molecule has 154 valence electrons. The van der Waals surface area contributed by atoms with Crippen molar-refractivity contribution in [3.8, 4) is 11.3 Å². The van der Waals surface area contributed by atoms with Gasteiger partial charge < -0.3 is 9.52 Å². The van der Waals surface area contributed by atoms with Crippen LogP contribution in [0.15, 0.2) is 70.7 Å². The van der Waals surface area contributed by atoms with Crippen molar-refractivity contribution in [3.05, 3.63) is 82.6 Å². The van der Waals surface area contributed by atoms with Crippen LogP contribution in [0.2, 0.25) is 5.02 Å². The van der Waals surface area contributed by atoms with E-state index in [4.69, 9.17) is 33.3 Å². The molecule has 1 aromatic heterocycles. The molecule has 1 aliphatic heterocycles. The van der Waals surface area contributed by atoms with Crippen molar-refractivity contribution >= 4 is 58.5 Å². The molecule has 4 rings (SSSR count). The fourth-order valence-electron chi connectivity index (χ4n) is 2.99. The number of carboxylic acid groups (broad SMARTS) is 1. The van der Waals surface area contributed by atoms with Gasteiger partial charge in [-0.05, 0) is 66.8 Å². The molecule has 3 aromatic rings. The number of hydrogen-bond acceptors (Lipinski definition) is 5. The number of thiocarbonyl (C=S) groups is 1. The third-order valence-corrected chi connectivity index (χ3v) is 5.05. The summed E-state index contributed by atoms with van der Waals surface area (Å²) in [6.45, 7) is 0. The van der Waals surface area contributed by atoms with E-state index in [0.29, 0.717) is 22.0 Å². The number of nitrogens with zero attached hydrogens (tertiary/aromatic N) is 1. The molecule has 7 nitrogen and oxygen atoms in total. The van der Waals surface area contributed by atoms with Gasteiger partial charge in [0.25, 0.3) is 11.8 Å². The lowest BCUT2D eigenvalue weighted by Crippen LogP contribution is -2.54. The van der Waals surface area contributed by atoms with Gasteiger partial charge in [-0.1, -0.05) is 23.7 Å². The summed E-state index contributed by atoms with van der Waals surface area (Å²) >= 11 is 11.1. The number of aromatic carboxylic acids is 1. The third kappa shape index (κ3) is 4.11. The topological polar surface area (TPSA) is 99.9 Å². The highest BCUT2D eigenvalue weighted by molar-refractivity contribution is 7.80. The Morgan fingerprint density at radius 2 is 1.71 bits per heavy atom. The van der Waals surface area contributed by atoms with Crippen molar-refractivity contribution < 1.29 is 23.9 Å². The van der Waals surface area contributed by atoms with Gasteiger partial charge in [0.15, 0.2) is 5.11 Å². The fraction of sp³-hybridized carbons (Fsp3) is 0. The molecule has 0 bridgehead atoms. The van der Waals surface area contributed by atoms with Gasteiger partial charge in [0, 0.05) is 10.6 Å². The zero-order valence-corrected chi connectivity index (χ0v) is 17.2. The van der Waals surface area contributed by atoms with E-state index in [-0.39, 0.29) is 22.0 Å². The number of carbonyl (C=O) groups excluding carboxylic acids is 2. The molecule has 2 N–H and O–H groups in total. The zero-order chi connectivity index (χ0) is 22.1. The molecule has 0 unspecified atom stereocenters. The first-order valence-corrected chi connectivity index (χ1v) is 9.73. The Morgan fingerprint density at radius 1 is 1.03 bits per heavy atom. The molecule has 0 radical (unpaired) electrons. The molecule has 1 fully saturated rings. The molecule has 2 amide bonds. The van der Waals surface area contributed by atoms with Gasteiger partial charge in [-0.25, -0.2) is 4.79 Å². The van der Waals surface area contributed by atoms with Gasteiger partial charge in [0.2, 0.25) is 0 Å². The second-order valence-corrected chi connectivity index (χ2v) is 7.34. The maximum absolute atomic E-state index is 13.0. The van der Waals surface area contributed by atoms with Crippen LogP contribution in [0.4, 0.5) is 5.69 Å². The van der Waals surface area contributed by atoms with Gasteiger partial charge in [0.05, 0.1) is 11.3 Å². The summed E-state index contributed by atoms with van der Waals surface area (Å²) < 4.78 is 5.73. The van der Waals surface area contributed by atoms with Crippen LogP contribution in [0.5, 0.6) is 0 Å². The van der Waals surface area contributed by atoms with Crippen molar-refractivity contribution in [2.24, 2.45) is 0 Å². The number of anilines is 1. The molecule has 1 saturated heterocycles. The summed E-state index contributed by atoms with van der Waals surface area (Å²) in [4.78, 5) is 37.6. The largest absolute Gasteiger partial charge is 0.478 e. The summed E-state index contributed by atoms with van der Waals surface area (Å²) in [5, 5.41) is 12.0. The van der Waals surface area contributed by atoms with E-state index in [2.05, 4.69) is 5.32 Å². The lowest BCUT2D eigenvalue weighted by atomic mass is 10.1. The Kier molecular flexibility index (Phi) is 5.41. The van der Waals surface area contributed by atoms with E-state index >= 15 is 0 Å². The molecular formula is C22H13ClN2O5S. The van der Waals surface area contributed by atoms with Crippen LogP contribution in [0.1, 0.15) is 16.1 Å². The quantitative estimate of drug-likeness (QED) is 0.351. The fourth-order valence-corrected chi connectivity index (χ4v) is 3.39. The smallest absolute Gasteiger partial charge is 0.335 e. The first kappa shape index (κ1) is 20.5. The van der Waals surface area contributed by atoms with Crippen LogP contribution in [-0.4, -0.2) is 28.0 Å². The number of amides is 2. The van der Waals surface area contributed by atoms with Crippen molar-refractivity contribution in [2.45, 2.75) is 0 Å². The standard InChI is InChI=1S/C22H13ClN2O5S/c23-14-5-7-15(8-6-14)25-20(27)17(19(26)24-22(25)31)11-16-9-10-18(30-16)12-1-3-13(4-2-12)21(28)29/h1-11H,(H,28,29)(H,24,26,31)/b17-11+. The summed E-state index contributed by atoms with van der Waals surface area (Å²) in [5.41, 5.74) is 1.12. The predicted octanol–water partition coefficient (Wildman–Crippen LogP) is 4.13. The highest BCUT2D eigenvalue weighted by atomic mass is 35.5. The lowest BCUT2D eigenvalue weighted by Gasteiger charge is -2.28. The van der Waals surface area contributed by atoms with Crippen LogP contribution < -0.4 is 10.2 Å². The number of halogens is 1. The number of benzene rings is 2. The van der Waals surface area contributed by atoms with Crippen LogP contribution in [0.3, 0.4) is 0 Å². The minimum absolute atomic E-state index is 0.0341. The lowest BCUT2D eigenvalue weighted by molar-refractivity contribution is -0.122. The van der Waals surface area contributed by atoms with E-state index in [1.54, 1.807) is 48.5 Å². The van der Waals surface area contributed by atoms with Crippen molar-refractivity contribution in [1.29, 1.82) is 0 Å². The summed E-state index contributed by atoms with van der Waals surface area (Å²) in [6.07, 6.45) is 1.33. The molecule has 2 heterocycles. The number of hydrogen-bond donors (Lipinski definition) is 2. The molecule has 0 atom stereocenters. The predicted molar refractivity (Wildman–Crippen MR) is 119 cm³/mol. The van der Waals surface area contributed by atoms with Crippen LogP contribution in [0, 0.1) is 0 Å². The monoisotopic (exact) mass is 452 g/mol. The molecular weight excluding hydrogens is 440 g/mol. The Labute approximate surface area is 186 Å². The molecule has 0 spiro atoms. The average molecular weight is 453 g/mol. The van der Waals surface area contributed by atoms with Crippen molar-refractivity contribution in [1.82, 2.24) is 5.32 Å². The Hall–Kier alpha value is -3.75. The highest BCUT2D eigenvalue weighted by Gasteiger charge is 2.34. The van der Waals surface area contributed by atoms with E-state index in [1.807, 2.05) is 0 Å². The van der Waals surface area contributed by atoms with Gasteiger partial charge in [0.1, 0.15) is 17.1 Å². The normalized spacial score (nSPS) is 15.3. The molecule has 1 aliphatic rings. The SMILES string of the molecule is O=C1NC(=S)N(c2ccc(Cl)cc2)C(=O)/C1=C/c1ccc(-c2ccc(C(=O)O)cc2)o1. The summed E-state index contributed by atoms with van der Waals surface area (Å²) in [6, 6.07) is 15.9. The highest BCUT2D eigenvalue weighted by Crippen LogP contribution is 2.26. The average Bonchev–Trinajstić information content (AvgIpc) is 3.21. The molecule has 0 aliphatic carbocycles. The van der Waals surface area contributed by atoms with E-state index in [9.17, 15) is 14.4 Å². The maximum atomic E-state index is 13.0. The van der Waals surface area contributed by atoms with Crippen molar-refractivity contribution in [2.75, 3.05) is 4.90 Å². The maximum Gasteiger partial charge on any atom is 0.335 e. The Balaban J connectivity index is 1.63. The summed E-state index contributed by atoms with van der Waals surface area (Å²) in [7, 11) is 0. The number of furan rings is 1. The summed E-state index contributed by atoms with van der Waals surface area (Å²) in [5.74, 6) is -1.53. The number of carbonyl (C=O) groups is 3. The molecule has 31 heavy (non-hydrogen) atoms. The van der Waals surface area contributed by atoms with Crippen LogP contribution in [-0.2, 0) is 9.59 Å². The van der Waals surface area contributed by atoms with Crippen LogP contribution in [0.25, 0.3) is 17.4 Å². The molecule has 0 saturated carbocycles. The van der Waals surface area contributed by atoms with Gasteiger partial charge in [-0.2, -0.15) is 0 Å². The Morgan fingerprint density at radius 3 is 2.35 bits per heavy atom. The third-order valence-electron chi connectivity index (χ3n) is 4.52. The minimum Gasteiger partial charge on any atom is -0.478 e. The second-order valence-electron chi connectivity index (χ2n) is 6.52. The second kappa shape index (κ2) is 8.17. The molecule has 2 aromatic carbocycles. The number of nitrogens with one attached hydrogen (secondary N) is 1. The van der Waals surface area contributed by atoms with E-state index in [0.717, 1.165) is 0 Å². The van der Waals surface area contributed by atoms with Crippen molar-refractivity contribution in [3.63, 3.8) is 0 Å². The van der Waals surface area contributed by atoms with Gasteiger partial charge in [-0.3, -0.25) is 19.8 Å². The minimum atomic E-state index is -1.03. The van der Waals surface area contributed by atoms with E-state index in [1.165, 1.54) is 23.1 Å². The molecule has 9 heteroatoms. The number of carboxylic acids is 1. The van der Waals surface area contributed by atoms with Gasteiger partial charge in [-0.15, -0.1) is 0 Å². The zero-order valence-electron chi connectivity index (χ0n) is 15.7.